The molecule has 3 aromatic rings. The van der Waals surface area contributed by atoms with E-state index in [4.69, 9.17) is 10.5 Å². The first kappa shape index (κ1) is 14.6. The molecule has 0 fully saturated rings. The first-order chi connectivity index (χ1) is 11.6. The lowest BCUT2D eigenvalue weighted by Crippen LogP contribution is -2.25. The number of carbonyl (C=O) groups excluding carboxylic acids is 1. The predicted molar refractivity (Wildman–Crippen MR) is 91.5 cm³/mol. The molecular weight excluding hydrogens is 329 g/mol. The fourth-order valence-electron chi connectivity index (χ4n) is 2.52. The number of carbonyl (C=O) groups is 1. The van der Waals surface area contributed by atoms with Crippen LogP contribution in [0.4, 0.5) is 15.8 Å². The molecule has 24 heavy (non-hydrogen) atoms. The molecule has 2 aromatic carbocycles. The van der Waals surface area contributed by atoms with Gasteiger partial charge in [-0.3, -0.25) is 4.79 Å². The van der Waals surface area contributed by atoms with Crippen molar-refractivity contribution in [3.8, 4) is 27.6 Å². The molecule has 0 atom stereocenters. The minimum absolute atomic E-state index is 0.0220. The summed E-state index contributed by atoms with van der Waals surface area (Å²) in [6.45, 7) is 0.0220. The maximum atomic E-state index is 13.5. The molecule has 0 aliphatic carbocycles. The van der Waals surface area contributed by atoms with Gasteiger partial charge in [0.1, 0.15) is 16.6 Å². The Hall–Kier alpha value is -2.93. The third kappa shape index (κ3) is 2.69. The van der Waals surface area contributed by atoms with Gasteiger partial charge in [-0.15, -0.1) is 11.3 Å². The summed E-state index contributed by atoms with van der Waals surface area (Å²) in [7, 11) is 0. The highest BCUT2D eigenvalue weighted by atomic mass is 32.1. The van der Waals surface area contributed by atoms with Gasteiger partial charge in [-0.2, -0.15) is 0 Å². The van der Waals surface area contributed by atoms with Crippen molar-refractivity contribution in [1.82, 2.24) is 4.98 Å². The van der Waals surface area contributed by atoms with Crippen LogP contribution < -0.4 is 15.8 Å². The van der Waals surface area contributed by atoms with Gasteiger partial charge in [0.05, 0.1) is 11.4 Å². The minimum atomic E-state index is -0.393. The zero-order valence-electron chi connectivity index (χ0n) is 12.4. The maximum Gasteiger partial charge on any atom is 0.262 e. The predicted octanol–water partition coefficient (Wildman–Crippen LogP) is 3.53. The Morgan fingerprint density at radius 1 is 1.21 bits per heavy atom. The first-order valence-electron chi connectivity index (χ1n) is 7.17. The lowest BCUT2D eigenvalue weighted by atomic mass is 10.1. The molecule has 0 unspecified atom stereocenters. The van der Waals surface area contributed by atoms with Crippen molar-refractivity contribution in [2.75, 3.05) is 17.7 Å². The Morgan fingerprint density at radius 2 is 2.08 bits per heavy atom. The van der Waals surface area contributed by atoms with Crippen molar-refractivity contribution >= 4 is 28.6 Å². The number of hydrogen-bond donors (Lipinski definition) is 2. The monoisotopic (exact) mass is 341 g/mol. The Balaban J connectivity index is 1.70. The van der Waals surface area contributed by atoms with E-state index in [0.717, 1.165) is 11.3 Å². The molecular formula is C17H12FN3O2S. The highest BCUT2D eigenvalue weighted by molar-refractivity contribution is 7.13. The summed E-state index contributed by atoms with van der Waals surface area (Å²) >= 11 is 1.40. The van der Waals surface area contributed by atoms with Crippen molar-refractivity contribution < 1.29 is 13.9 Å². The number of ether oxygens (including phenoxy) is 1. The van der Waals surface area contributed by atoms with E-state index in [9.17, 15) is 9.18 Å². The maximum absolute atomic E-state index is 13.5. The van der Waals surface area contributed by atoms with Crippen LogP contribution in [-0.4, -0.2) is 17.5 Å². The zero-order chi connectivity index (χ0) is 16.7. The molecule has 2 heterocycles. The summed E-state index contributed by atoms with van der Waals surface area (Å²) in [5.41, 5.74) is 8.88. The van der Waals surface area contributed by atoms with Crippen LogP contribution in [0.3, 0.4) is 0 Å². The minimum Gasteiger partial charge on any atom is -0.482 e. The van der Waals surface area contributed by atoms with Gasteiger partial charge in [-0.1, -0.05) is 0 Å². The molecule has 0 saturated heterocycles. The van der Waals surface area contributed by atoms with Gasteiger partial charge in [-0.25, -0.2) is 9.37 Å². The van der Waals surface area contributed by atoms with Crippen molar-refractivity contribution in [1.29, 1.82) is 0 Å². The number of nitrogens with one attached hydrogen (secondary N) is 1. The standard InChI is InChI=1S/C17H12FN3O2S/c18-11-3-10(4-12(19)6-11)17-21-14(8-24-17)9-1-2-15-13(5-9)20-16(22)7-23-15/h1-6,8H,7,19H2,(H,20,22). The highest BCUT2D eigenvalue weighted by Gasteiger charge is 2.17. The molecule has 0 bridgehead atoms. The average Bonchev–Trinajstić information content (AvgIpc) is 3.03. The van der Waals surface area contributed by atoms with Crippen LogP contribution in [0.1, 0.15) is 0 Å². The number of rotatable bonds is 2. The lowest BCUT2D eigenvalue weighted by molar-refractivity contribution is -0.118. The first-order valence-corrected chi connectivity index (χ1v) is 8.05. The number of nitrogens with zero attached hydrogens (tertiary/aromatic N) is 1. The van der Waals surface area contributed by atoms with E-state index in [-0.39, 0.29) is 12.5 Å². The van der Waals surface area contributed by atoms with Crippen LogP contribution in [0.2, 0.25) is 0 Å². The number of amides is 1. The number of aromatic nitrogens is 1. The van der Waals surface area contributed by atoms with Crippen LogP contribution in [0.15, 0.2) is 41.8 Å². The van der Waals surface area contributed by atoms with E-state index in [1.54, 1.807) is 12.1 Å². The van der Waals surface area contributed by atoms with E-state index >= 15 is 0 Å². The van der Waals surface area contributed by atoms with Gasteiger partial charge in [-0.05, 0) is 36.4 Å². The van der Waals surface area contributed by atoms with E-state index in [2.05, 4.69) is 10.3 Å². The van der Waals surface area contributed by atoms with Gasteiger partial charge in [0.2, 0.25) is 0 Å². The number of nitrogen functional groups attached to an aromatic ring is 1. The van der Waals surface area contributed by atoms with Gasteiger partial charge < -0.3 is 15.8 Å². The molecule has 1 aliphatic rings. The number of hydrogen-bond acceptors (Lipinski definition) is 5. The normalized spacial score (nSPS) is 13.1. The molecule has 7 heteroatoms. The van der Waals surface area contributed by atoms with Gasteiger partial charge in [0.15, 0.2) is 6.61 Å². The summed E-state index contributed by atoms with van der Waals surface area (Å²) in [6.07, 6.45) is 0. The van der Waals surface area contributed by atoms with Crippen molar-refractivity contribution in [2.24, 2.45) is 0 Å². The smallest absolute Gasteiger partial charge is 0.262 e. The summed E-state index contributed by atoms with van der Waals surface area (Å²) in [6, 6.07) is 9.83. The van der Waals surface area contributed by atoms with Gasteiger partial charge in [0.25, 0.3) is 5.91 Å². The zero-order valence-corrected chi connectivity index (χ0v) is 13.2. The van der Waals surface area contributed by atoms with Crippen LogP contribution >= 0.6 is 11.3 Å². The molecule has 0 spiro atoms. The number of halogens is 1. The number of nitrogens with two attached hydrogens (primary N) is 1. The molecule has 1 aromatic heterocycles. The van der Waals surface area contributed by atoms with E-state index in [1.165, 1.54) is 23.5 Å². The third-order valence-electron chi connectivity index (χ3n) is 3.58. The molecule has 1 aliphatic heterocycles. The molecule has 5 nitrogen and oxygen atoms in total. The molecule has 4 rings (SSSR count). The van der Waals surface area contributed by atoms with Crippen LogP contribution in [0, 0.1) is 5.82 Å². The van der Waals surface area contributed by atoms with E-state index < -0.39 is 5.82 Å². The third-order valence-corrected chi connectivity index (χ3v) is 4.47. The Morgan fingerprint density at radius 3 is 2.92 bits per heavy atom. The molecule has 0 radical (unpaired) electrons. The molecule has 3 N–H and O–H groups in total. The van der Waals surface area contributed by atoms with Crippen LogP contribution in [0.25, 0.3) is 21.8 Å². The van der Waals surface area contributed by atoms with Crippen molar-refractivity contribution in [3.63, 3.8) is 0 Å². The van der Waals surface area contributed by atoms with E-state index in [0.29, 0.717) is 27.7 Å². The van der Waals surface area contributed by atoms with Crippen LogP contribution in [0.5, 0.6) is 5.75 Å². The number of benzene rings is 2. The number of thiazole rings is 1. The second-order valence-electron chi connectivity index (χ2n) is 5.36. The SMILES string of the molecule is Nc1cc(F)cc(-c2nc(-c3ccc4c(c3)NC(=O)CO4)cs2)c1. The quantitative estimate of drug-likeness (QED) is 0.699. The summed E-state index contributed by atoms with van der Waals surface area (Å²) in [5, 5.41) is 5.32. The fourth-order valence-corrected chi connectivity index (χ4v) is 3.33. The number of anilines is 2. The topological polar surface area (TPSA) is 77.2 Å². The molecule has 0 saturated carbocycles. The summed E-state index contributed by atoms with van der Waals surface area (Å²) in [5.74, 6) is 0.0518. The second kappa shape index (κ2) is 5.61. The Kier molecular flexibility index (Phi) is 3.42. The number of fused-ring (bicyclic) bond motifs is 1. The van der Waals surface area contributed by atoms with Gasteiger partial charge in [0, 0.05) is 22.2 Å². The van der Waals surface area contributed by atoms with Crippen LogP contribution in [-0.2, 0) is 4.79 Å². The molecule has 120 valence electrons. The largest absolute Gasteiger partial charge is 0.482 e. The summed E-state index contributed by atoms with van der Waals surface area (Å²) in [4.78, 5) is 16.0. The fraction of sp³-hybridized carbons (Fsp3) is 0.0588. The summed E-state index contributed by atoms with van der Waals surface area (Å²) < 4.78 is 18.9. The average molecular weight is 341 g/mol. The lowest BCUT2D eigenvalue weighted by Gasteiger charge is -2.18. The van der Waals surface area contributed by atoms with Crippen molar-refractivity contribution in [3.05, 3.63) is 47.6 Å². The van der Waals surface area contributed by atoms with Crippen molar-refractivity contribution in [2.45, 2.75) is 0 Å². The Labute approximate surface area is 140 Å². The highest BCUT2D eigenvalue weighted by Crippen LogP contribution is 2.35. The second-order valence-corrected chi connectivity index (χ2v) is 6.22. The molecule has 1 amide bonds. The van der Waals surface area contributed by atoms with Gasteiger partial charge >= 0.3 is 0 Å². The Bertz CT molecular complexity index is 935. The van der Waals surface area contributed by atoms with E-state index in [1.807, 2.05) is 17.5 Å².